The number of anilines is 1. The number of hydrogen-bond acceptors (Lipinski definition) is 5. The van der Waals surface area contributed by atoms with Crippen LogP contribution in [0.2, 0.25) is 0 Å². The fraction of sp³-hybridized carbons (Fsp3) is 0.412. The minimum atomic E-state index is -3.33. The molecule has 0 amide bonds. The van der Waals surface area contributed by atoms with E-state index in [1.807, 2.05) is 6.92 Å². The van der Waals surface area contributed by atoms with E-state index < -0.39 is 15.4 Å². The van der Waals surface area contributed by atoms with Crippen LogP contribution < -0.4 is 5.32 Å². The third kappa shape index (κ3) is 3.76. The van der Waals surface area contributed by atoms with Crippen molar-refractivity contribution in [2.75, 3.05) is 17.6 Å². The SMILES string of the molecule is CCS(=O)(=O)c1ccccc1NC[C@@](C)(O)c1cc(C)oc1C. The molecule has 2 aromatic rings. The maximum Gasteiger partial charge on any atom is 0.180 e. The van der Waals surface area contributed by atoms with Crippen LogP contribution in [0.5, 0.6) is 0 Å². The van der Waals surface area contributed by atoms with Gasteiger partial charge in [0.15, 0.2) is 9.84 Å². The second-order valence-corrected chi connectivity index (χ2v) is 8.10. The molecule has 0 bridgehead atoms. The second kappa shape index (κ2) is 6.37. The van der Waals surface area contributed by atoms with Crippen LogP contribution in [0, 0.1) is 13.8 Å². The van der Waals surface area contributed by atoms with Crippen LogP contribution in [0.25, 0.3) is 0 Å². The van der Waals surface area contributed by atoms with Crippen LogP contribution in [-0.2, 0) is 15.4 Å². The molecule has 0 spiro atoms. The molecule has 2 rings (SSSR count). The van der Waals surface area contributed by atoms with Crippen molar-refractivity contribution in [1.82, 2.24) is 0 Å². The van der Waals surface area contributed by atoms with Gasteiger partial charge in [-0.25, -0.2) is 8.42 Å². The predicted molar refractivity (Wildman–Crippen MR) is 90.4 cm³/mol. The molecule has 0 fully saturated rings. The Morgan fingerprint density at radius 3 is 2.48 bits per heavy atom. The molecule has 0 unspecified atom stereocenters. The van der Waals surface area contributed by atoms with Crippen LogP contribution in [0.4, 0.5) is 5.69 Å². The van der Waals surface area contributed by atoms with Crippen LogP contribution in [0.1, 0.15) is 30.9 Å². The Balaban J connectivity index is 2.26. The molecular formula is C17H23NO4S. The molecule has 5 nitrogen and oxygen atoms in total. The van der Waals surface area contributed by atoms with Crippen LogP contribution >= 0.6 is 0 Å². The Hall–Kier alpha value is -1.79. The Labute approximate surface area is 137 Å². The molecule has 1 aromatic carbocycles. The number of aliphatic hydroxyl groups is 1. The summed E-state index contributed by atoms with van der Waals surface area (Å²) in [5.74, 6) is 1.41. The summed E-state index contributed by atoms with van der Waals surface area (Å²) in [6.45, 7) is 7.08. The highest BCUT2D eigenvalue weighted by Gasteiger charge is 2.28. The lowest BCUT2D eigenvalue weighted by Gasteiger charge is -2.24. The van der Waals surface area contributed by atoms with Crippen molar-refractivity contribution in [3.8, 4) is 0 Å². The van der Waals surface area contributed by atoms with E-state index in [9.17, 15) is 13.5 Å². The smallest absolute Gasteiger partial charge is 0.180 e. The minimum Gasteiger partial charge on any atom is -0.466 e. The van der Waals surface area contributed by atoms with Crippen molar-refractivity contribution < 1.29 is 17.9 Å². The van der Waals surface area contributed by atoms with Gasteiger partial charge in [0.25, 0.3) is 0 Å². The first kappa shape index (κ1) is 17.6. The zero-order chi connectivity index (χ0) is 17.3. The van der Waals surface area contributed by atoms with E-state index in [2.05, 4.69) is 5.32 Å². The zero-order valence-corrected chi connectivity index (χ0v) is 14.7. The number of para-hydroxylation sites is 1. The van der Waals surface area contributed by atoms with E-state index >= 15 is 0 Å². The van der Waals surface area contributed by atoms with Crippen molar-refractivity contribution in [3.63, 3.8) is 0 Å². The number of hydrogen-bond donors (Lipinski definition) is 2. The first-order valence-corrected chi connectivity index (χ1v) is 9.18. The van der Waals surface area contributed by atoms with Gasteiger partial charge in [0.05, 0.1) is 16.3 Å². The lowest BCUT2D eigenvalue weighted by atomic mass is 9.96. The summed E-state index contributed by atoms with van der Waals surface area (Å²) in [4.78, 5) is 0.249. The van der Waals surface area contributed by atoms with Crippen molar-refractivity contribution in [2.24, 2.45) is 0 Å². The predicted octanol–water partition coefficient (Wildman–Crippen LogP) is 3.01. The summed E-state index contributed by atoms with van der Waals surface area (Å²) in [5.41, 5.74) is 0.0103. The van der Waals surface area contributed by atoms with E-state index in [-0.39, 0.29) is 17.2 Å². The lowest BCUT2D eigenvalue weighted by molar-refractivity contribution is 0.0699. The number of aryl methyl sites for hydroxylation is 2. The molecule has 0 aliphatic heterocycles. The maximum absolute atomic E-state index is 12.2. The maximum atomic E-state index is 12.2. The van der Waals surface area contributed by atoms with Gasteiger partial charge in [0, 0.05) is 12.1 Å². The average Bonchev–Trinajstić information content (AvgIpc) is 2.85. The topological polar surface area (TPSA) is 79.5 Å². The second-order valence-electron chi connectivity index (χ2n) is 5.85. The van der Waals surface area contributed by atoms with Gasteiger partial charge >= 0.3 is 0 Å². The summed E-state index contributed by atoms with van der Waals surface area (Å²) < 4.78 is 29.8. The number of benzene rings is 1. The highest BCUT2D eigenvalue weighted by Crippen LogP contribution is 2.29. The van der Waals surface area contributed by atoms with Crippen molar-refractivity contribution >= 4 is 15.5 Å². The largest absolute Gasteiger partial charge is 0.466 e. The molecule has 1 aromatic heterocycles. The van der Waals surface area contributed by atoms with E-state index in [0.29, 0.717) is 17.0 Å². The normalized spacial score (nSPS) is 14.5. The molecule has 0 radical (unpaired) electrons. The minimum absolute atomic E-state index is 0.0299. The van der Waals surface area contributed by atoms with E-state index in [1.165, 1.54) is 0 Å². The fourth-order valence-electron chi connectivity index (χ4n) is 2.57. The quantitative estimate of drug-likeness (QED) is 0.847. The van der Waals surface area contributed by atoms with Gasteiger partial charge in [0.2, 0.25) is 0 Å². The Bertz CT molecular complexity index is 791. The molecule has 126 valence electrons. The van der Waals surface area contributed by atoms with Gasteiger partial charge < -0.3 is 14.8 Å². The van der Waals surface area contributed by atoms with Crippen LogP contribution in [-0.4, -0.2) is 25.8 Å². The van der Waals surface area contributed by atoms with Gasteiger partial charge in [-0.2, -0.15) is 0 Å². The summed E-state index contributed by atoms with van der Waals surface area (Å²) >= 11 is 0. The highest BCUT2D eigenvalue weighted by molar-refractivity contribution is 7.91. The number of furan rings is 1. The molecule has 0 aliphatic rings. The summed E-state index contributed by atoms with van der Waals surface area (Å²) in [6.07, 6.45) is 0. The summed E-state index contributed by atoms with van der Waals surface area (Å²) in [6, 6.07) is 8.52. The van der Waals surface area contributed by atoms with Gasteiger partial charge in [-0.15, -0.1) is 0 Å². The zero-order valence-electron chi connectivity index (χ0n) is 13.9. The van der Waals surface area contributed by atoms with E-state index in [1.54, 1.807) is 51.1 Å². The lowest BCUT2D eigenvalue weighted by Crippen LogP contribution is -2.31. The van der Waals surface area contributed by atoms with Gasteiger partial charge in [-0.05, 0) is 39.0 Å². The summed E-state index contributed by atoms with van der Waals surface area (Å²) in [7, 11) is -3.33. The van der Waals surface area contributed by atoms with Gasteiger partial charge in [-0.1, -0.05) is 19.1 Å². The van der Waals surface area contributed by atoms with Gasteiger partial charge in [-0.3, -0.25) is 0 Å². The number of sulfone groups is 1. The third-order valence-electron chi connectivity index (χ3n) is 3.85. The molecule has 0 aliphatic carbocycles. The monoisotopic (exact) mass is 337 g/mol. The van der Waals surface area contributed by atoms with Crippen molar-refractivity contribution in [2.45, 2.75) is 38.2 Å². The molecular weight excluding hydrogens is 314 g/mol. The fourth-order valence-corrected chi connectivity index (χ4v) is 3.64. The van der Waals surface area contributed by atoms with Gasteiger partial charge in [0.1, 0.15) is 17.1 Å². The molecule has 6 heteroatoms. The molecule has 1 atom stereocenters. The molecule has 1 heterocycles. The van der Waals surface area contributed by atoms with Crippen molar-refractivity contribution in [3.05, 3.63) is 47.4 Å². The Morgan fingerprint density at radius 2 is 1.91 bits per heavy atom. The van der Waals surface area contributed by atoms with Crippen LogP contribution in [0.15, 0.2) is 39.6 Å². The van der Waals surface area contributed by atoms with Crippen molar-refractivity contribution in [1.29, 1.82) is 0 Å². The number of nitrogens with one attached hydrogen (secondary N) is 1. The third-order valence-corrected chi connectivity index (χ3v) is 5.63. The van der Waals surface area contributed by atoms with E-state index in [0.717, 1.165) is 5.76 Å². The first-order valence-electron chi connectivity index (χ1n) is 7.53. The number of rotatable bonds is 6. The van der Waals surface area contributed by atoms with E-state index in [4.69, 9.17) is 4.42 Å². The highest BCUT2D eigenvalue weighted by atomic mass is 32.2. The molecule has 0 saturated heterocycles. The Kier molecular flexibility index (Phi) is 4.87. The molecule has 23 heavy (non-hydrogen) atoms. The standard InChI is InChI=1S/C17H23NO4S/c1-5-23(20,21)16-9-7-6-8-15(16)18-11-17(4,19)14-10-12(2)22-13(14)3/h6-10,18-19H,5,11H2,1-4H3/t17-/m1/s1. The van der Waals surface area contributed by atoms with Crippen LogP contribution in [0.3, 0.4) is 0 Å². The Morgan fingerprint density at radius 1 is 1.26 bits per heavy atom. The molecule has 0 saturated carbocycles. The first-order chi connectivity index (χ1) is 10.7. The summed E-state index contributed by atoms with van der Waals surface area (Å²) in [5, 5.41) is 13.8. The average molecular weight is 337 g/mol. The molecule has 2 N–H and O–H groups in total.